The Morgan fingerprint density at radius 1 is 0.952 bits per heavy atom. The fourth-order valence-electron chi connectivity index (χ4n) is 2.43. The summed E-state index contributed by atoms with van der Waals surface area (Å²) in [6.45, 7) is 10.2. The van der Waals surface area contributed by atoms with Gasteiger partial charge in [-0.05, 0) is 56.7 Å². The Balaban J connectivity index is 2.11. The van der Waals surface area contributed by atoms with Gasteiger partial charge in [0.05, 0.1) is 0 Å². The number of allylic oxidation sites excluding steroid dienone is 2. The van der Waals surface area contributed by atoms with Crippen LogP contribution in [0.2, 0.25) is 0 Å². The molecule has 0 unspecified atom stereocenters. The van der Waals surface area contributed by atoms with Crippen molar-refractivity contribution < 1.29 is 0 Å². The third kappa shape index (κ3) is 8.20. The highest BCUT2D eigenvalue weighted by atomic mass is 14.0. The van der Waals surface area contributed by atoms with Crippen LogP contribution in [0.15, 0.2) is 48.6 Å². The number of rotatable bonds is 10. The topological polar surface area (TPSA) is 0 Å². The smallest absolute Gasteiger partial charge is 0.0242 e. The Morgan fingerprint density at radius 2 is 1.52 bits per heavy atom. The Hall–Kier alpha value is -1.74. The van der Waals surface area contributed by atoms with Gasteiger partial charge in [-0.3, -0.25) is 0 Å². The molecule has 0 nitrogen and oxygen atoms in total. The molecule has 0 aliphatic heterocycles. The maximum Gasteiger partial charge on any atom is 0.0242 e. The van der Waals surface area contributed by atoms with Crippen LogP contribution in [0.1, 0.15) is 63.0 Å². The van der Waals surface area contributed by atoms with E-state index in [4.69, 9.17) is 6.42 Å². The zero-order chi connectivity index (χ0) is 15.5. The van der Waals surface area contributed by atoms with Crippen LogP contribution in [0.3, 0.4) is 0 Å². The molecule has 0 heterocycles. The van der Waals surface area contributed by atoms with Crippen LogP contribution in [-0.2, 0) is 6.42 Å². The van der Waals surface area contributed by atoms with E-state index in [0.29, 0.717) is 0 Å². The first-order valence-corrected chi connectivity index (χ1v) is 7.98. The predicted octanol–water partition coefficient (Wildman–Crippen LogP) is 6.07. The summed E-state index contributed by atoms with van der Waals surface area (Å²) in [6.07, 6.45) is 15.2. The molecule has 0 saturated heterocycles. The third-order valence-electron chi connectivity index (χ3n) is 3.71. The molecule has 0 N–H and O–H groups in total. The van der Waals surface area contributed by atoms with Crippen molar-refractivity contribution in [2.45, 2.75) is 58.3 Å². The van der Waals surface area contributed by atoms with Gasteiger partial charge in [0.25, 0.3) is 0 Å². The van der Waals surface area contributed by atoms with Crippen LogP contribution >= 0.6 is 0 Å². The van der Waals surface area contributed by atoms with Crippen molar-refractivity contribution in [1.82, 2.24) is 0 Å². The highest BCUT2D eigenvalue weighted by molar-refractivity contribution is 5.35. The van der Waals surface area contributed by atoms with Crippen molar-refractivity contribution in [3.63, 3.8) is 0 Å². The van der Waals surface area contributed by atoms with E-state index in [2.05, 4.69) is 38.1 Å². The Kier molecular flexibility index (Phi) is 8.29. The van der Waals surface area contributed by atoms with Crippen LogP contribution in [-0.4, -0.2) is 0 Å². The second-order valence-electron chi connectivity index (χ2n) is 5.99. The van der Waals surface area contributed by atoms with Gasteiger partial charge in [0.15, 0.2) is 0 Å². The first-order valence-electron chi connectivity index (χ1n) is 7.98. The number of terminal acetylenes is 1. The summed E-state index contributed by atoms with van der Waals surface area (Å²) >= 11 is 0. The summed E-state index contributed by atoms with van der Waals surface area (Å²) in [6, 6.07) is 8.23. The maximum atomic E-state index is 5.36. The quantitative estimate of drug-likeness (QED) is 0.277. The Labute approximate surface area is 131 Å². The van der Waals surface area contributed by atoms with Gasteiger partial charge in [-0.1, -0.05) is 55.0 Å². The fourth-order valence-corrected chi connectivity index (χ4v) is 2.43. The average molecular weight is 280 g/mol. The summed E-state index contributed by atoms with van der Waals surface area (Å²) in [7, 11) is 0. The van der Waals surface area contributed by atoms with Gasteiger partial charge in [0.2, 0.25) is 0 Å². The van der Waals surface area contributed by atoms with E-state index in [0.717, 1.165) is 18.4 Å². The lowest BCUT2D eigenvalue weighted by molar-refractivity contribution is 0.609. The first kappa shape index (κ1) is 17.3. The molecule has 0 saturated carbocycles. The lowest BCUT2D eigenvalue weighted by Crippen LogP contribution is -1.90. The van der Waals surface area contributed by atoms with Crippen molar-refractivity contribution in [3.8, 4) is 12.3 Å². The number of unbranched alkanes of at least 4 members (excludes halogenated alkanes) is 4. The summed E-state index contributed by atoms with van der Waals surface area (Å²) in [5, 5.41) is 0. The normalized spacial score (nSPS) is 10.1. The Bertz CT molecular complexity index is 482. The monoisotopic (exact) mass is 280 g/mol. The van der Waals surface area contributed by atoms with Crippen LogP contribution in [0.25, 0.3) is 0 Å². The molecule has 112 valence electrons. The molecular formula is C21H28. The molecule has 0 heteroatoms. The molecule has 21 heavy (non-hydrogen) atoms. The van der Waals surface area contributed by atoms with Crippen LogP contribution in [0.4, 0.5) is 0 Å². The second-order valence-corrected chi connectivity index (χ2v) is 5.99. The predicted molar refractivity (Wildman–Crippen MR) is 94.4 cm³/mol. The van der Waals surface area contributed by atoms with Gasteiger partial charge in [-0.15, -0.1) is 13.0 Å². The molecule has 1 aromatic carbocycles. The molecule has 0 aliphatic rings. The lowest BCUT2D eigenvalue weighted by Gasteiger charge is -2.06. The van der Waals surface area contributed by atoms with E-state index in [9.17, 15) is 0 Å². The first-order chi connectivity index (χ1) is 10.1. The number of hydrogen-bond donors (Lipinski definition) is 0. The van der Waals surface area contributed by atoms with Crippen molar-refractivity contribution >= 4 is 0 Å². The molecule has 1 aromatic rings. The van der Waals surface area contributed by atoms with E-state index < -0.39 is 0 Å². The zero-order valence-corrected chi connectivity index (χ0v) is 13.5. The maximum absolute atomic E-state index is 5.36. The minimum atomic E-state index is 0.944. The molecule has 0 spiro atoms. The van der Waals surface area contributed by atoms with E-state index in [1.54, 1.807) is 0 Å². The molecule has 0 radical (unpaired) electrons. The summed E-state index contributed by atoms with van der Waals surface area (Å²) in [4.78, 5) is 0. The molecule has 1 rings (SSSR count). The summed E-state index contributed by atoms with van der Waals surface area (Å²) < 4.78 is 0. The van der Waals surface area contributed by atoms with E-state index >= 15 is 0 Å². The largest absolute Gasteiger partial charge is 0.115 e. The molecular weight excluding hydrogens is 252 g/mol. The number of benzene rings is 1. The number of hydrogen-bond acceptors (Lipinski definition) is 0. The third-order valence-corrected chi connectivity index (χ3v) is 3.71. The van der Waals surface area contributed by atoms with Crippen molar-refractivity contribution in [3.05, 3.63) is 59.7 Å². The minimum absolute atomic E-state index is 0.944. The highest BCUT2D eigenvalue weighted by Crippen LogP contribution is 2.16. The van der Waals surface area contributed by atoms with E-state index in [1.807, 2.05) is 12.1 Å². The Morgan fingerprint density at radius 3 is 2.10 bits per heavy atom. The molecule has 0 aromatic heterocycles. The van der Waals surface area contributed by atoms with Gasteiger partial charge < -0.3 is 0 Å². The van der Waals surface area contributed by atoms with Gasteiger partial charge in [-0.2, -0.15) is 0 Å². The van der Waals surface area contributed by atoms with Gasteiger partial charge >= 0.3 is 0 Å². The van der Waals surface area contributed by atoms with E-state index in [1.165, 1.54) is 55.2 Å². The molecule has 0 fully saturated rings. The van der Waals surface area contributed by atoms with Crippen LogP contribution < -0.4 is 0 Å². The van der Waals surface area contributed by atoms with Gasteiger partial charge in [0.1, 0.15) is 0 Å². The van der Waals surface area contributed by atoms with Crippen molar-refractivity contribution in [1.29, 1.82) is 0 Å². The van der Waals surface area contributed by atoms with Crippen LogP contribution in [0, 0.1) is 12.3 Å². The van der Waals surface area contributed by atoms with Crippen LogP contribution in [0.5, 0.6) is 0 Å². The summed E-state index contributed by atoms with van der Waals surface area (Å²) in [5.74, 6) is 2.65. The SMILES string of the molecule is C#Cc1ccc(CC(=C)CCCCCCCC(=C)C)cc1. The van der Waals surface area contributed by atoms with E-state index in [-0.39, 0.29) is 0 Å². The molecule has 0 aliphatic carbocycles. The standard InChI is InChI=1S/C21H28/c1-5-20-13-15-21(16-14-20)17-19(4)12-10-8-6-7-9-11-18(2)3/h1,13-16H,2,4,6-12,17H2,3H3. The molecule has 0 bridgehead atoms. The lowest BCUT2D eigenvalue weighted by atomic mass is 9.99. The zero-order valence-electron chi connectivity index (χ0n) is 13.5. The molecule has 0 atom stereocenters. The van der Waals surface area contributed by atoms with Gasteiger partial charge in [0, 0.05) is 5.56 Å². The van der Waals surface area contributed by atoms with Crippen molar-refractivity contribution in [2.75, 3.05) is 0 Å². The average Bonchev–Trinajstić information content (AvgIpc) is 2.46. The highest BCUT2D eigenvalue weighted by Gasteiger charge is 1.99. The molecule has 0 amide bonds. The minimum Gasteiger partial charge on any atom is -0.115 e. The second kappa shape index (κ2) is 10.1. The summed E-state index contributed by atoms with van der Waals surface area (Å²) in [5.41, 5.74) is 4.88. The fraction of sp³-hybridized carbons (Fsp3) is 0.429. The van der Waals surface area contributed by atoms with Crippen molar-refractivity contribution in [2.24, 2.45) is 0 Å². The van der Waals surface area contributed by atoms with Gasteiger partial charge in [-0.25, -0.2) is 0 Å².